The van der Waals surface area contributed by atoms with Crippen LogP contribution in [0, 0.1) is 5.92 Å². The second-order valence-electron chi connectivity index (χ2n) is 5.67. The lowest BCUT2D eigenvalue weighted by Gasteiger charge is -2.19. The molecular weight excluding hydrogens is 256 g/mol. The quantitative estimate of drug-likeness (QED) is 0.832. The zero-order chi connectivity index (χ0) is 13.7. The Hall–Kier alpha value is -0.650. The molecule has 2 heterocycles. The van der Waals surface area contributed by atoms with Crippen molar-refractivity contribution >= 4 is 16.5 Å². The maximum Gasteiger partial charge on any atom is 0.182 e. The molecule has 1 aliphatic rings. The molecule has 0 bridgehead atoms. The largest absolute Gasteiger partial charge is 0.362 e. The molecule has 1 unspecified atom stereocenters. The summed E-state index contributed by atoms with van der Waals surface area (Å²) < 4.78 is 0. The lowest BCUT2D eigenvalue weighted by atomic mass is 10.1. The molecule has 1 saturated heterocycles. The van der Waals surface area contributed by atoms with E-state index in [9.17, 15) is 0 Å². The summed E-state index contributed by atoms with van der Waals surface area (Å²) in [6.07, 6.45) is 4.50. The van der Waals surface area contributed by atoms with Crippen molar-refractivity contribution < 1.29 is 0 Å². The van der Waals surface area contributed by atoms with E-state index in [2.05, 4.69) is 41.1 Å². The van der Waals surface area contributed by atoms with Crippen LogP contribution in [-0.4, -0.2) is 55.1 Å². The second-order valence-corrected chi connectivity index (χ2v) is 6.79. The number of anilines is 1. The number of rotatable bonds is 7. The van der Waals surface area contributed by atoms with Gasteiger partial charge in [-0.3, -0.25) is 0 Å². The third-order valence-electron chi connectivity index (χ3n) is 3.56. The molecule has 0 radical (unpaired) electrons. The van der Waals surface area contributed by atoms with Gasteiger partial charge >= 0.3 is 0 Å². The summed E-state index contributed by atoms with van der Waals surface area (Å²) in [7, 11) is 4.44. The van der Waals surface area contributed by atoms with Crippen LogP contribution in [0.1, 0.15) is 24.6 Å². The van der Waals surface area contributed by atoms with Crippen molar-refractivity contribution in [2.75, 3.05) is 45.6 Å². The third-order valence-corrected chi connectivity index (χ3v) is 4.50. The van der Waals surface area contributed by atoms with Gasteiger partial charge in [-0.25, -0.2) is 4.98 Å². The molecule has 19 heavy (non-hydrogen) atoms. The van der Waals surface area contributed by atoms with Crippen LogP contribution >= 0.6 is 11.3 Å². The fourth-order valence-corrected chi connectivity index (χ4v) is 3.56. The Kier molecular flexibility index (Phi) is 5.60. The Bertz CT molecular complexity index is 379. The normalized spacial score (nSPS) is 20.3. The summed E-state index contributed by atoms with van der Waals surface area (Å²) in [5.41, 5.74) is 0. The fourth-order valence-electron chi connectivity index (χ4n) is 2.64. The highest BCUT2D eigenvalue weighted by molar-refractivity contribution is 7.15. The third kappa shape index (κ3) is 4.75. The van der Waals surface area contributed by atoms with Gasteiger partial charge in [0.1, 0.15) is 0 Å². The lowest BCUT2D eigenvalue weighted by Crippen LogP contribution is -2.26. The molecule has 4 nitrogen and oxygen atoms in total. The van der Waals surface area contributed by atoms with Crippen molar-refractivity contribution in [3.63, 3.8) is 0 Å². The SMILES string of the molecule is CCCNc1ncc(CN(C)CC2CCN(C)C2)s1. The predicted molar refractivity (Wildman–Crippen MR) is 82.8 cm³/mol. The second kappa shape index (κ2) is 7.22. The van der Waals surface area contributed by atoms with Gasteiger partial charge in [0.15, 0.2) is 5.13 Å². The number of hydrogen-bond donors (Lipinski definition) is 1. The molecular formula is C14H26N4S. The molecule has 1 aliphatic heterocycles. The standard InChI is InChI=1S/C14H26N4S/c1-4-6-15-14-16-8-13(19-14)11-18(3)10-12-5-7-17(2)9-12/h8,12H,4-7,9-11H2,1-3H3,(H,15,16). The van der Waals surface area contributed by atoms with Crippen LogP contribution in [0.4, 0.5) is 5.13 Å². The summed E-state index contributed by atoms with van der Waals surface area (Å²) in [5, 5.41) is 4.41. The van der Waals surface area contributed by atoms with Gasteiger partial charge in [-0.1, -0.05) is 6.92 Å². The van der Waals surface area contributed by atoms with Gasteiger partial charge in [0.05, 0.1) is 0 Å². The van der Waals surface area contributed by atoms with Crippen LogP contribution in [0.3, 0.4) is 0 Å². The zero-order valence-corrected chi connectivity index (χ0v) is 13.2. The van der Waals surface area contributed by atoms with E-state index in [4.69, 9.17) is 0 Å². The Morgan fingerprint density at radius 2 is 2.42 bits per heavy atom. The topological polar surface area (TPSA) is 31.4 Å². The van der Waals surface area contributed by atoms with Crippen molar-refractivity contribution in [2.24, 2.45) is 5.92 Å². The minimum Gasteiger partial charge on any atom is -0.362 e. The number of nitrogens with zero attached hydrogens (tertiary/aromatic N) is 3. The first-order chi connectivity index (χ1) is 9.17. The van der Waals surface area contributed by atoms with Crippen molar-refractivity contribution in [3.05, 3.63) is 11.1 Å². The van der Waals surface area contributed by atoms with Gasteiger partial charge < -0.3 is 15.1 Å². The first kappa shape index (κ1) is 14.8. The highest BCUT2D eigenvalue weighted by atomic mass is 32.1. The number of hydrogen-bond acceptors (Lipinski definition) is 5. The van der Waals surface area contributed by atoms with E-state index >= 15 is 0 Å². The Morgan fingerprint density at radius 1 is 1.58 bits per heavy atom. The monoisotopic (exact) mass is 282 g/mol. The molecule has 2 rings (SSSR count). The van der Waals surface area contributed by atoms with E-state index in [1.807, 2.05) is 6.20 Å². The van der Waals surface area contributed by atoms with Gasteiger partial charge in [0, 0.05) is 37.3 Å². The van der Waals surface area contributed by atoms with E-state index in [0.29, 0.717) is 0 Å². The van der Waals surface area contributed by atoms with Crippen LogP contribution in [-0.2, 0) is 6.54 Å². The van der Waals surface area contributed by atoms with Crippen LogP contribution < -0.4 is 5.32 Å². The molecule has 1 atom stereocenters. The summed E-state index contributed by atoms with van der Waals surface area (Å²) in [5.74, 6) is 0.834. The Morgan fingerprint density at radius 3 is 3.11 bits per heavy atom. The van der Waals surface area contributed by atoms with Crippen LogP contribution in [0.15, 0.2) is 6.20 Å². The van der Waals surface area contributed by atoms with E-state index in [1.54, 1.807) is 11.3 Å². The van der Waals surface area contributed by atoms with Crippen LogP contribution in [0.5, 0.6) is 0 Å². The summed E-state index contributed by atoms with van der Waals surface area (Å²) in [4.78, 5) is 10.6. The molecule has 108 valence electrons. The molecule has 1 fully saturated rings. The van der Waals surface area contributed by atoms with Crippen molar-refractivity contribution in [3.8, 4) is 0 Å². The highest BCUT2D eigenvalue weighted by Crippen LogP contribution is 2.21. The maximum absolute atomic E-state index is 4.42. The van der Waals surface area contributed by atoms with Gasteiger partial charge in [-0.2, -0.15) is 0 Å². The molecule has 1 N–H and O–H groups in total. The minimum atomic E-state index is 0.834. The molecule has 1 aromatic heterocycles. The van der Waals surface area contributed by atoms with E-state index in [1.165, 1.54) is 30.9 Å². The predicted octanol–water partition coefficient (Wildman–Crippen LogP) is 2.35. The van der Waals surface area contributed by atoms with Crippen LogP contribution in [0.25, 0.3) is 0 Å². The number of nitrogens with one attached hydrogen (secondary N) is 1. The van der Waals surface area contributed by atoms with Crippen molar-refractivity contribution in [1.29, 1.82) is 0 Å². The highest BCUT2D eigenvalue weighted by Gasteiger charge is 2.20. The summed E-state index contributed by atoms with van der Waals surface area (Å²) in [6.45, 7) is 7.90. The zero-order valence-electron chi connectivity index (χ0n) is 12.4. The van der Waals surface area contributed by atoms with Gasteiger partial charge in [-0.05, 0) is 39.4 Å². The van der Waals surface area contributed by atoms with Gasteiger partial charge in [0.2, 0.25) is 0 Å². The number of likely N-dealkylation sites (tertiary alicyclic amines) is 1. The average molecular weight is 282 g/mol. The Balaban J connectivity index is 1.75. The van der Waals surface area contributed by atoms with E-state index in [-0.39, 0.29) is 0 Å². The lowest BCUT2D eigenvalue weighted by molar-refractivity contribution is 0.269. The average Bonchev–Trinajstić information content (AvgIpc) is 2.96. The minimum absolute atomic E-state index is 0.834. The Labute approximate surface area is 120 Å². The van der Waals surface area contributed by atoms with E-state index < -0.39 is 0 Å². The first-order valence-electron chi connectivity index (χ1n) is 7.23. The molecule has 0 saturated carbocycles. The van der Waals surface area contributed by atoms with Crippen molar-refractivity contribution in [2.45, 2.75) is 26.3 Å². The van der Waals surface area contributed by atoms with Crippen molar-refractivity contribution in [1.82, 2.24) is 14.8 Å². The van der Waals surface area contributed by atoms with Gasteiger partial charge in [-0.15, -0.1) is 11.3 Å². The fraction of sp³-hybridized carbons (Fsp3) is 0.786. The van der Waals surface area contributed by atoms with Crippen LogP contribution in [0.2, 0.25) is 0 Å². The summed E-state index contributed by atoms with van der Waals surface area (Å²) in [6, 6.07) is 0. The first-order valence-corrected chi connectivity index (χ1v) is 8.04. The maximum atomic E-state index is 4.42. The number of aromatic nitrogens is 1. The number of thiazole rings is 1. The summed E-state index contributed by atoms with van der Waals surface area (Å²) >= 11 is 1.79. The molecule has 0 amide bonds. The molecule has 0 aliphatic carbocycles. The molecule has 0 aromatic carbocycles. The van der Waals surface area contributed by atoms with E-state index in [0.717, 1.165) is 30.6 Å². The molecule has 1 aromatic rings. The van der Waals surface area contributed by atoms with Gasteiger partial charge in [0.25, 0.3) is 0 Å². The molecule has 0 spiro atoms. The smallest absolute Gasteiger partial charge is 0.182 e. The molecule has 5 heteroatoms.